The average Bonchev–Trinajstić information content (AvgIpc) is 3.53. The van der Waals surface area contributed by atoms with Crippen molar-refractivity contribution in [3.8, 4) is 10.9 Å². The first-order valence-electron chi connectivity index (χ1n) is 10.1. The molecule has 5 heterocycles. The average molecular weight is 434 g/mol. The SMILES string of the molecule is CC(=O)N1CC2CC1CN2C(=O)c1cc2cc(Oc3nc4ncccc4s3)ccc2o1. The van der Waals surface area contributed by atoms with Crippen LogP contribution in [0, 0.1) is 0 Å². The number of amides is 2. The predicted molar refractivity (Wildman–Crippen MR) is 114 cm³/mol. The summed E-state index contributed by atoms with van der Waals surface area (Å²) < 4.78 is 12.7. The highest BCUT2D eigenvalue weighted by atomic mass is 32.1. The number of furan rings is 1. The van der Waals surface area contributed by atoms with E-state index in [0.29, 0.717) is 41.0 Å². The van der Waals surface area contributed by atoms with E-state index in [4.69, 9.17) is 9.15 Å². The zero-order chi connectivity index (χ0) is 21.1. The monoisotopic (exact) mass is 434 g/mol. The largest absolute Gasteiger partial charge is 0.451 e. The Balaban J connectivity index is 1.22. The minimum absolute atomic E-state index is 0.0566. The zero-order valence-electron chi connectivity index (χ0n) is 16.6. The number of piperazine rings is 1. The Morgan fingerprint density at radius 3 is 2.77 bits per heavy atom. The van der Waals surface area contributed by atoms with E-state index in [9.17, 15) is 9.59 Å². The van der Waals surface area contributed by atoms with Gasteiger partial charge in [0.1, 0.15) is 11.3 Å². The number of carbonyl (C=O) groups excluding carboxylic acids is 2. The molecule has 31 heavy (non-hydrogen) atoms. The highest BCUT2D eigenvalue weighted by Gasteiger charge is 2.46. The molecule has 2 aliphatic rings. The molecule has 4 aromatic rings. The molecule has 0 saturated carbocycles. The van der Waals surface area contributed by atoms with Gasteiger partial charge in [-0.15, -0.1) is 0 Å². The van der Waals surface area contributed by atoms with Gasteiger partial charge in [-0.3, -0.25) is 9.59 Å². The Morgan fingerprint density at radius 2 is 2.00 bits per heavy atom. The molecule has 9 heteroatoms. The normalized spacial score (nSPS) is 20.2. The van der Waals surface area contributed by atoms with E-state index in [1.54, 1.807) is 31.3 Å². The van der Waals surface area contributed by atoms with E-state index < -0.39 is 0 Å². The molecular formula is C22H18N4O4S. The molecule has 2 aliphatic heterocycles. The lowest BCUT2D eigenvalue weighted by atomic mass is 10.2. The maximum absolute atomic E-state index is 13.0. The van der Waals surface area contributed by atoms with Gasteiger partial charge in [0, 0.05) is 31.6 Å². The number of ether oxygens (including phenoxy) is 1. The van der Waals surface area contributed by atoms with Crippen LogP contribution in [-0.2, 0) is 4.79 Å². The number of carbonyl (C=O) groups is 2. The van der Waals surface area contributed by atoms with Crippen molar-refractivity contribution in [3.05, 3.63) is 48.4 Å². The summed E-state index contributed by atoms with van der Waals surface area (Å²) in [5.74, 6) is 0.855. The first-order chi connectivity index (χ1) is 15.0. The Labute approximate surface area is 181 Å². The second-order valence-corrected chi connectivity index (χ2v) is 8.88. The molecule has 0 radical (unpaired) electrons. The molecular weight excluding hydrogens is 416 g/mol. The molecule has 0 spiro atoms. The predicted octanol–water partition coefficient (Wildman–Crippen LogP) is 3.68. The fourth-order valence-corrected chi connectivity index (χ4v) is 5.32. The fraction of sp³-hybridized carbons (Fsp3) is 0.273. The van der Waals surface area contributed by atoms with Gasteiger partial charge in [0.25, 0.3) is 11.1 Å². The van der Waals surface area contributed by atoms with Crippen LogP contribution >= 0.6 is 11.3 Å². The van der Waals surface area contributed by atoms with Crippen molar-refractivity contribution in [1.29, 1.82) is 0 Å². The summed E-state index contributed by atoms with van der Waals surface area (Å²) in [5, 5.41) is 1.30. The number of pyridine rings is 1. The highest BCUT2D eigenvalue weighted by molar-refractivity contribution is 7.20. The number of aromatic nitrogens is 2. The molecule has 2 atom stereocenters. The first-order valence-corrected chi connectivity index (χ1v) is 10.9. The van der Waals surface area contributed by atoms with Crippen molar-refractivity contribution in [3.63, 3.8) is 0 Å². The first kappa shape index (κ1) is 18.3. The van der Waals surface area contributed by atoms with Gasteiger partial charge in [0.15, 0.2) is 11.4 Å². The fourth-order valence-electron chi connectivity index (χ4n) is 4.53. The maximum Gasteiger partial charge on any atom is 0.289 e. The zero-order valence-corrected chi connectivity index (χ0v) is 17.5. The minimum Gasteiger partial charge on any atom is -0.451 e. The number of nitrogens with zero attached hydrogens (tertiary/aromatic N) is 4. The van der Waals surface area contributed by atoms with Crippen LogP contribution < -0.4 is 4.74 Å². The van der Waals surface area contributed by atoms with E-state index >= 15 is 0 Å². The van der Waals surface area contributed by atoms with Crippen LogP contribution in [-0.4, -0.2) is 56.8 Å². The van der Waals surface area contributed by atoms with Crippen molar-refractivity contribution in [2.24, 2.45) is 0 Å². The summed E-state index contributed by atoms with van der Waals surface area (Å²) in [6.07, 6.45) is 2.53. The van der Waals surface area contributed by atoms with Crippen LogP contribution in [0.2, 0.25) is 0 Å². The second-order valence-electron chi connectivity index (χ2n) is 7.89. The van der Waals surface area contributed by atoms with E-state index in [0.717, 1.165) is 16.5 Å². The summed E-state index contributed by atoms with van der Waals surface area (Å²) in [6, 6.07) is 11.2. The molecule has 1 aromatic carbocycles. The van der Waals surface area contributed by atoms with Gasteiger partial charge in [-0.05, 0) is 42.8 Å². The third kappa shape index (κ3) is 3.04. The van der Waals surface area contributed by atoms with Crippen LogP contribution in [0.1, 0.15) is 23.9 Å². The van der Waals surface area contributed by atoms with Crippen LogP contribution in [0.25, 0.3) is 21.3 Å². The number of thiazole rings is 1. The van der Waals surface area contributed by atoms with Gasteiger partial charge in [0.05, 0.1) is 16.8 Å². The highest BCUT2D eigenvalue weighted by Crippen LogP contribution is 2.35. The molecule has 2 fully saturated rings. The van der Waals surface area contributed by atoms with Crippen molar-refractivity contribution in [2.45, 2.75) is 25.4 Å². The van der Waals surface area contributed by atoms with Gasteiger partial charge in [-0.25, -0.2) is 4.98 Å². The summed E-state index contributed by atoms with van der Waals surface area (Å²) in [5.41, 5.74) is 1.28. The third-order valence-corrected chi connectivity index (χ3v) is 6.84. The Hall–Kier alpha value is -3.46. The molecule has 0 N–H and O–H groups in total. The second kappa shape index (κ2) is 6.78. The number of hydrogen-bond donors (Lipinski definition) is 0. The topological polar surface area (TPSA) is 88.8 Å². The molecule has 2 bridgehead atoms. The van der Waals surface area contributed by atoms with Gasteiger partial charge < -0.3 is 19.0 Å². The van der Waals surface area contributed by atoms with Crippen molar-refractivity contribution < 1.29 is 18.7 Å². The quantitative estimate of drug-likeness (QED) is 0.489. The van der Waals surface area contributed by atoms with E-state index in [-0.39, 0.29) is 23.9 Å². The molecule has 3 aromatic heterocycles. The summed E-state index contributed by atoms with van der Waals surface area (Å²) >= 11 is 1.43. The smallest absolute Gasteiger partial charge is 0.289 e. The summed E-state index contributed by atoms with van der Waals surface area (Å²) in [7, 11) is 0. The maximum atomic E-state index is 13.0. The number of likely N-dealkylation sites (tertiary alicyclic amines) is 2. The van der Waals surface area contributed by atoms with E-state index in [1.165, 1.54) is 11.3 Å². The van der Waals surface area contributed by atoms with Crippen LogP contribution in [0.3, 0.4) is 0 Å². The molecule has 2 amide bonds. The lowest BCUT2D eigenvalue weighted by molar-refractivity contribution is -0.130. The molecule has 8 nitrogen and oxygen atoms in total. The van der Waals surface area contributed by atoms with Crippen molar-refractivity contribution >= 4 is 44.5 Å². The summed E-state index contributed by atoms with van der Waals surface area (Å²) in [4.78, 5) is 37.0. The molecule has 2 saturated heterocycles. The summed E-state index contributed by atoms with van der Waals surface area (Å²) in [6.45, 7) is 2.73. The van der Waals surface area contributed by atoms with Crippen molar-refractivity contribution in [2.75, 3.05) is 13.1 Å². The Morgan fingerprint density at radius 1 is 1.16 bits per heavy atom. The molecule has 156 valence electrons. The van der Waals surface area contributed by atoms with Crippen LogP contribution in [0.5, 0.6) is 10.9 Å². The Kier molecular flexibility index (Phi) is 4.01. The van der Waals surface area contributed by atoms with Crippen molar-refractivity contribution in [1.82, 2.24) is 19.8 Å². The molecule has 6 rings (SSSR count). The Bertz CT molecular complexity index is 1310. The molecule has 2 unspecified atom stereocenters. The van der Waals surface area contributed by atoms with E-state index in [2.05, 4.69) is 9.97 Å². The standard InChI is InChI=1S/C22H18N4O4S/c1-12(27)25-10-15-9-14(25)11-26(15)21(28)18-8-13-7-16(4-5-17(13)30-18)29-22-24-20-19(31-22)3-2-6-23-20/h2-8,14-15H,9-11H2,1H3. The van der Waals surface area contributed by atoms with Gasteiger partial charge >= 0.3 is 0 Å². The van der Waals surface area contributed by atoms with Crippen LogP contribution in [0.4, 0.5) is 0 Å². The lowest BCUT2D eigenvalue weighted by Gasteiger charge is -2.33. The number of hydrogen-bond acceptors (Lipinski definition) is 7. The van der Waals surface area contributed by atoms with Crippen LogP contribution in [0.15, 0.2) is 47.0 Å². The number of rotatable bonds is 3. The van der Waals surface area contributed by atoms with E-state index in [1.807, 2.05) is 28.0 Å². The minimum atomic E-state index is -0.133. The third-order valence-electron chi connectivity index (χ3n) is 5.95. The lowest BCUT2D eigenvalue weighted by Crippen LogP contribution is -2.50. The number of benzene rings is 1. The van der Waals surface area contributed by atoms with Gasteiger partial charge in [-0.2, -0.15) is 4.98 Å². The van der Waals surface area contributed by atoms with Gasteiger partial charge in [-0.1, -0.05) is 11.3 Å². The van der Waals surface area contributed by atoms with Gasteiger partial charge in [0.2, 0.25) is 5.91 Å². The molecule has 0 aliphatic carbocycles. The number of fused-ring (bicyclic) bond motifs is 4.